The second-order valence-electron chi connectivity index (χ2n) is 13.5. The molecule has 6 rings (SSSR count). The lowest BCUT2D eigenvalue weighted by atomic mass is 9.42. The number of likely N-dealkylation sites (N-methyl/N-ethyl adjacent to an activating group) is 1. The Hall–Kier alpha value is -5.13. The first kappa shape index (κ1) is 33.8. The summed E-state index contributed by atoms with van der Waals surface area (Å²) in [5, 5.41) is 24.8. The Balaban J connectivity index is 1.39. The Morgan fingerprint density at radius 3 is 2.31 bits per heavy atom. The molecule has 3 aromatic rings. The first-order valence-electron chi connectivity index (χ1n) is 15.6. The number of carbonyl (C=O) groups excluding carboxylic acids is 5. The highest BCUT2D eigenvalue weighted by molar-refractivity contribution is 6.33. The molecule has 6 atom stereocenters. The van der Waals surface area contributed by atoms with E-state index in [-0.39, 0.29) is 17.8 Å². The molecule has 252 valence electrons. The summed E-state index contributed by atoms with van der Waals surface area (Å²) in [7, 11) is 2.90. The maximum absolute atomic E-state index is 14.5. The van der Waals surface area contributed by atoms with Gasteiger partial charge in [0.05, 0.1) is 23.2 Å². The Morgan fingerprint density at radius 1 is 1.02 bits per heavy atom. The number of rotatable bonds is 7. The Bertz CT molecular complexity index is 1990. The van der Waals surface area contributed by atoms with E-state index in [0.717, 1.165) is 11.1 Å². The lowest BCUT2D eigenvalue weighted by Crippen LogP contribution is -2.85. The van der Waals surface area contributed by atoms with Crippen molar-refractivity contribution in [2.75, 3.05) is 14.1 Å². The highest BCUT2D eigenvalue weighted by Gasteiger charge is 2.78. The van der Waals surface area contributed by atoms with Crippen LogP contribution in [0.25, 0.3) is 11.1 Å². The molecule has 2 fully saturated rings. The molecule has 0 radical (unpaired) electrons. The van der Waals surface area contributed by atoms with Gasteiger partial charge in [-0.2, -0.15) is 5.26 Å². The number of phenolic OH excluding ortho intramolecular Hbond substituents is 1. The lowest BCUT2D eigenvalue weighted by Gasteiger charge is -2.60. The van der Waals surface area contributed by atoms with Crippen molar-refractivity contribution >= 4 is 29.0 Å². The average Bonchev–Trinajstić information content (AvgIpc) is 3.01. The second kappa shape index (κ2) is 11.8. The first-order chi connectivity index (χ1) is 23.1. The van der Waals surface area contributed by atoms with Gasteiger partial charge in [-0.1, -0.05) is 42.5 Å². The Labute approximate surface area is 281 Å². The number of nitrogens with one attached hydrogen (secondary N) is 1. The van der Waals surface area contributed by atoms with Crippen molar-refractivity contribution in [3.8, 4) is 22.9 Å². The van der Waals surface area contributed by atoms with Crippen molar-refractivity contribution in [2.45, 2.75) is 43.1 Å². The van der Waals surface area contributed by atoms with E-state index >= 15 is 0 Å². The van der Waals surface area contributed by atoms with Crippen LogP contribution in [0.4, 0.5) is 4.39 Å². The fraction of sp³-hybridized carbons (Fsp3) is 0.333. The topological polar surface area (TPSA) is 223 Å². The maximum atomic E-state index is 14.5. The van der Waals surface area contributed by atoms with Crippen LogP contribution in [-0.4, -0.2) is 70.3 Å². The van der Waals surface area contributed by atoms with Crippen LogP contribution < -0.4 is 22.5 Å². The highest BCUT2D eigenvalue weighted by Crippen LogP contribution is 2.57. The number of aromatic hydroxyl groups is 1. The van der Waals surface area contributed by atoms with Crippen LogP contribution in [0, 0.1) is 34.4 Å². The van der Waals surface area contributed by atoms with E-state index in [1.54, 1.807) is 18.2 Å². The highest BCUT2D eigenvalue weighted by atomic mass is 19.1. The van der Waals surface area contributed by atoms with Crippen molar-refractivity contribution < 1.29 is 33.5 Å². The summed E-state index contributed by atoms with van der Waals surface area (Å²) in [4.78, 5) is 70.0. The summed E-state index contributed by atoms with van der Waals surface area (Å²) in [6, 6.07) is 16.8. The molecular formula is C36H35FN6O6. The number of hydrogen-bond acceptors (Lipinski definition) is 11. The van der Waals surface area contributed by atoms with Crippen LogP contribution in [-0.2, 0) is 38.7 Å². The minimum absolute atomic E-state index is 0.173. The molecule has 8 N–H and O–H groups in total. The van der Waals surface area contributed by atoms with Crippen LogP contribution in [0.5, 0.6) is 5.75 Å². The van der Waals surface area contributed by atoms with E-state index in [1.807, 2.05) is 30.3 Å². The van der Waals surface area contributed by atoms with Crippen LogP contribution >= 0.6 is 0 Å². The molecule has 2 unspecified atom stereocenters. The van der Waals surface area contributed by atoms with Crippen molar-refractivity contribution in [3.63, 3.8) is 0 Å². The molecule has 0 heterocycles. The predicted octanol–water partition coefficient (Wildman–Crippen LogP) is 0.904. The SMILES string of the molecule is CN(C)[C@@H]1C(=O)C(C(N)=O)C(=O)[C@@]2(C#N)C(=O)C3C(=O)c4c(O)ccc(-c5ccc(CNCc6cccc(F)c6)cc5)c4C[C@@]3(N)C[C@@]12N. The number of fused-ring (bicyclic) bond motifs is 3. The third kappa shape index (κ3) is 4.90. The number of hydrogen-bond donors (Lipinski definition) is 5. The molecule has 3 aromatic carbocycles. The summed E-state index contributed by atoms with van der Waals surface area (Å²) >= 11 is 0. The minimum Gasteiger partial charge on any atom is -0.507 e. The third-order valence-electron chi connectivity index (χ3n) is 10.3. The zero-order valence-corrected chi connectivity index (χ0v) is 26.8. The van der Waals surface area contributed by atoms with Gasteiger partial charge in [-0.15, -0.1) is 0 Å². The Morgan fingerprint density at radius 2 is 1.69 bits per heavy atom. The quantitative estimate of drug-likeness (QED) is 0.223. The van der Waals surface area contributed by atoms with Crippen LogP contribution in [0.1, 0.15) is 33.5 Å². The van der Waals surface area contributed by atoms with Crippen LogP contribution in [0.3, 0.4) is 0 Å². The fourth-order valence-corrected chi connectivity index (χ4v) is 8.28. The number of halogens is 1. The number of benzene rings is 3. The molecule has 2 saturated carbocycles. The number of nitriles is 1. The van der Waals surface area contributed by atoms with Crippen molar-refractivity contribution in [1.82, 2.24) is 10.2 Å². The number of nitrogens with zero attached hydrogens (tertiary/aromatic N) is 2. The van der Waals surface area contributed by atoms with Gasteiger partial charge in [-0.25, -0.2) is 4.39 Å². The monoisotopic (exact) mass is 666 g/mol. The molecule has 0 spiro atoms. The van der Waals surface area contributed by atoms with E-state index in [0.29, 0.717) is 29.8 Å². The number of nitrogens with two attached hydrogens (primary N) is 3. The first-order valence-corrected chi connectivity index (χ1v) is 15.6. The molecule has 49 heavy (non-hydrogen) atoms. The van der Waals surface area contributed by atoms with Gasteiger partial charge < -0.3 is 27.6 Å². The van der Waals surface area contributed by atoms with Gasteiger partial charge in [0.2, 0.25) is 5.91 Å². The molecule has 12 nitrogen and oxygen atoms in total. The zero-order valence-electron chi connectivity index (χ0n) is 26.8. The van der Waals surface area contributed by atoms with E-state index < -0.39 is 75.6 Å². The molecule has 3 aliphatic rings. The van der Waals surface area contributed by atoms with Gasteiger partial charge in [0.25, 0.3) is 0 Å². The van der Waals surface area contributed by atoms with Gasteiger partial charge in [-0.3, -0.25) is 28.9 Å². The van der Waals surface area contributed by atoms with E-state index in [2.05, 4.69) is 5.32 Å². The largest absolute Gasteiger partial charge is 0.507 e. The normalized spacial score (nSPS) is 29.2. The number of phenols is 1. The lowest BCUT2D eigenvalue weighted by molar-refractivity contribution is -0.166. The van der Waals surface area contributed by atoms with E-state index in [9.17, 15) is 38.7 Å². The molecule has 13 heteroatoms. The maximum Gasteiger partial charge on any atom is 0.235 e. The Kier molecular flexibility index (Phi) is 8.12. The number of amides is 1. The standard InChI is InChI=1S/C36H35FN6O6/c1-43(2)30-29(46)26(33(39)49)31(47)35(17-38)32(48)27-28(45)25-23(13-34(27,40)16-36(30,35)41)22(10-11-24(25)44)20-8-6-18(7-9-20)14-42-15-19-4-3-5-21(37)12-19/h3-12,26-27,30,42,44H,13-16,40-41H2,1-2H3,(H2,39,49)/t26?,27?,30-,34-,35+,36-/m1/s1. The van der Waals surface area contributed by atoms with Crippen molar-refractivity contribution in [3.05, 3.63) is 88.7 Å². The summed E-state index contributed by atoms with van der Waals surface area (Å²) in [5.74, 6) is -10.5. The molecule has 0 bridgehead atoms. The summed E-state index contributed by atoms with van der Waals surface area (Å²) < 4.78 is 13.5. The predicted molar refractivity (Wildman–Crippen MR) is 174 cm³/mol. The number of primary amides is 1. The van der Waals surface area contributed by atoms with Gasteiger partial charge in [0.1, 0.15) is 17.5 Å². The molecule has 0 aliphatic heterocycles. The smallest absolute Gasteiger partial charge is 0.235 e. The van der Waals surface area contributed by atoms with E-state index in [4.69, 9.17) is 17.2 Å². The minimum atomic E-state index is -2.80. The second-order valence-corrected chi connectivity index (χ2v) is 13.5. The molecule has 1 amide bonds. The fourth-order valence-electron chi connectivity index (χ4n) is 8.28. The van der Waals surface area contributed by atoms with Gasteiger partial charge in [-0.05, 0) is 73.0 Å². The van der Waals surface area contributed by atoms with Crippen LogP contribution in [0.2, 0.25) is 0 Å². The van der Waals surface area contributed by atoms with Crippen LogP contribution in [0.15, 0.2) is 60.7 Å². The van der Waals surface area contributed by atoms with Crippen molar-refractivity contribution in [2.24, 2.45) is 34.5 Å². The summed E-state index contributed by atoms with van der Waals surface area (Å²) in [6.45, 7) is 0.940. The molecular weight excluding hydrogens is 631 g/mol. The molecule has 3 aliphatic carbocycles. The zero-order chi connectivity index (χ0) is 35.6. The average molecular weight is 667 g/mol. The van der Waals surface area contributed by atoms with Gasteiger partial charge in [0, 0.05) is 18.6 Å². The van der Waals surface area contributed by atoms with Gasteiger partial charge in [0.15, 0.2) is 34.5 Å². The van der Waals surface area contributed by atoms with Crippen molar-refractivity contribution in [1.29, 1.82) is 5.26 Å². The molecule has 0 saturated heterocycles. The number of carbonyl (C=O) groups is 5. The molecule has 0 aromatic heterocycles. The number of ketones is 4. The summed E-state index contributed by atoms with van der Waals surface area (Å²) in [6.07, 6.45) is -0.667. The third-order valence-corrected chi connectivity index (χ3v) is 10.3. The number of Topliss-reactive ketones (excluding diaryl/α,β-unsaturated/α-hetero) is 4. The summed E-state index contributed by atoms with van der Waals surface area (Å²) in [5.41, 5.74) is 15.6. The van der Waals surface area contributed by atoms with Gasteiger partial charge >= 0.3 is 0 Å². The van der Waals surface area contributed by atoms with E-state index in [1.165, 1.54) is 37.2 Å².